The van der Waals surface area contributed by atoms with Crippen LogP contribution in [0.15, 0.2) is 24.3 Å². The number of hydrogen-bond donors (Lipinski definition) is 0. The average Bonchev–Trinajstić information content (AvgIpc) is 3.26. The first kappa shape index (κ1) is 18.9. The summed E-state index contributed by atoms with van der Waals surface area (Å²) < 4.78 is 25.4. The first-order valence-electron chi connectivity index (χ1n) is 8.33. The van der Waals surface area contributed by atoms with Crippen LogP contribution < -0.4 is 4.74 Å². The molecule has 3 aromatic rings. The molecule has 0 aliphatic rings. The molecule has 0 saturated carbocycles. The molecule has 0 aliphatic carbocycles. The number of carbonyl (C=O) groups excluding carboxylic acids is 1. The highest BCUT2D eigenvalue weighted by molar-refractivity contribution is 7.13. The number of carbonyl (C=O) groups is 1. The van der Waals surface area contributed by atoms with Crippen molar-refractivity contribution >= 4 is 17.3 Å². The maximum Gasteiger partial charge on any atom is 0.350 e. The fraction of sp³-hybridized carbons (Fsp3) is 0.353. The van der Waals surface area contributed by atoms with E-state index in [4.69, 9.17) is 9.47 Å². The summed E-state index contributed by atoms with van der Waals surface area (Å²) >= 11 is 1.20. The van der Waals surface area contributed by atoms with Gasteiger partial charge < -0.3 is 9.47 Å². The second-order valence-corrected chi connectivity index (χ2v) is 6.74. The SMILES string of the molecule is CCCn1nnnc1COC(=O)c1sc(COc2ccc(F)cc2)nc1C. The van der Waals surface area contributed by atoms with E-state index < -0.39 is 5.97 Å². The summed E-state index contributed by atoms with van der Waals surface area (Å²) in [6, 6.07) is 5.70. The van der Waals surface area contributed by atoms with E-state index in [1.54, 1.807) is 11.6 Å². The molecule has 142 valence electrons. The summed E-state index contributed by atoms with van der Waals surface area (Å²) in [6.45, 7) is 4.57. The molecule has 0 aliphatic heterocycles. The minimum absolute atomic E-state index is 0.00934. The molecule has 1 aromatic carbocycles. The number of rotatable bonds is 8. The monoisotopic (exact) mass is 391 g/mol. The maximum atomic E-state index is 12.9. The number of thiazole rings is 1. The Balaban J connectivity index is 1.58. The molecule has 0 fully saturated rings. The van der Waals surface area contributed by atoms with Gasteiger partial charge in [-0.15, -0.1) is 16.4 Å². The highest BCUT2D eigenvalue weighted by Crippen LogP contribution is 2.21. The van der Waals surface area contributed by atoms with Gasteiger partial charge in [0.15, 0.2) is 12.4 Å². The number of hydrogen-bond acceptors (Lipinski definition) is 8. The number of ether oxygens (including phenoxy) is 2. The molecule has 8 nitrogen and oxygen atoms in total. The average molecular weight is 391 g/mol. The van der Waals surface area contributed by atoms with Gasteiger partial charge in [0.25, 0.3) is 0 Å². The third-order valence-electron chi connectivity index (χ3n) is 3.58. The lowest BCUT2D eigenvalue weighted by Gasteiger charge is -2.04. The quantitative estimate of drug-likeness (QED) is 0.545. The molecule has 0 amide bonds. The van der Waals surface area contributed by atoms with E-state index in [-0.39, 0.29) is 19.0 Å². The predicted molar refractivity (Wildman–Crippen MR) is 94.8 cm³/mol. The zero-order chi connectivity index (χ0) is 19.2. The molecule has 0 radical (unpaired) electrons. The van der Waals surface area contributed by atoms with Crippen LogP contribution >= 0.6 is 11.3 Å². The molecule has 3 rings (SSSR count). The van der Waals surface area contributed by atoms with Gasteiger partial charge in [-0.05, 0) is 48.0 Å². The zero-order valence-electron chi connectivity index (χ0n) is 14.9. The summed E-state index contributed by atoms with van der Waals surface area (Å²) in [7, 11) is 0. The first-order chi connectivity index (χ1) is 13.1. The van der Waals surface area contributed by atoms with Crippen molar-refractivity contribution in [2.24, 2.45) is 0 Å². The van der Waals surface area contributed by atoms with Gasteiger partial charge in [0.05, 0.1) is 5.69 Å². The highest BCUT2D eigenvalue weighted by Gasteiger charge is 2.18. The van der Waals surface area contributed by atoms with Crippen molar-refractivity contribution in [3.63, 3.8) is 0 Å². The Morgan fingerprint density at radius 3 is 2.78 bits per heavy atom. The van der Waals surface area contributed by atoms with Gasteiger partial charge in [-0.2, -0.15) is 0 Å². The molecule has 0 bridgehead atoms. The number of aromatic nitrogens is 5. The molecule has 0 N–H and O–H groups in total. The number of halogens is 1. The molecule has 2 aromatic heterocycles. The Morgan fingerprint density at radius 1 is 1.26 bits per heavy atom. The summed E-state index contributed by atoms with van der Waals surface area (Å²) in [5.74, 6) is 0.204. The molecule has 0 saturated heterocycles. The summed E-state index contributed by atoms with van der Waals surface area (Å²) in [6.07, 6.45) is 0.872. The van der Waals surface area contributed by atoms with Crippen molar-refractivity contribution in [2.75, 3.05) is 0 Å². The summed E-state index contributed by atoms with van der Waals surface area (Å²) in [5, 5.41) is 11.9. The smallest absolute Gasteiger partial charge is 0.350 e. The van der Waals surface area contributed by atoms with Crippen molar-refractivity contribution in [3.05, 3.63) is 51.5 Å². The van der Waals surface area contributed by atoms with Crippen LogP contribution in [0.1, 0.15) is 39.5 Å². The number of aryl methyl sites for hydroxylation is 2. The second kappa shape index (κ2) is 8.67. The fourth-order valence-electron chi connectivity index (χ4n) is 2.29. The molecular weight excluding hydrogens is 373 g/mol. The number of nitrogens with zero attached hydrogens (tertiary/aromatic N) is 5. The van der Waals surface area contributed by atoms with E-state index in [1.807, 2.05) is 6.92 Å². The van der Waals surface area contributed by atoms with E-state index >= 15 is 0 Å². The molecular formula is C17H18FN5O3S. The van der Waals surface area contributed by atoms with E-state index in [9.17, 15) is 9.18 Å². The maximum absolute atomic E-state index is 12.9. The number of benzene rings is 1. The van der Waals surface area contributed by atoms with Gasteiger partial charge in [-0.3, -0.25) is 0 Å². The summed E-state index contributed by atoms with van der Waals surface area (Å²) in [5.41, 5.74) is 0.566. The Bertz CT molecular complexity index is 910. The third-order valence-corrected chi connectivity index (χ3v) is 4.69. The molecule has 0 atom stereocenters. The van der Waals surface area contributed by atoms with Gasteiger partial charge >= 0.3 is 5.97 Å². The normalized spacial score (nSPS) is 10.8. The lowest BCUT2D eigenvalue weighted by Crippen LogP contribution is -2.10. The Labute approximate surface area is 158 Å². The molecule has 2 heterocycles. The molecule has 27 heavy (non-hydrogen) atoms. The van der Waals surface area contributed by atoms with Gasteiger partial charge in [0.2, 0.25) is 0 Å². The minimum Gasteiger partial charge on any atom is -0.486 e. The Kier molecular flexibility index (Phi) is 6.07. The predicted octanol–water partition coefficient (Wildman–Crippen LogP) is 2.92. The molecule has 0 spiro atoms. The molecule has 10 heteroatoms. The highest BCUT2D eigenvalue weighted by atomic mass is 32.1. The van der Waals surface area contributed by atoms with Gasteiger partial charge in [-0.1, -0.05) is 6.92 Å². The van der Waals surface area contributed by atoms with Gasteiger partial charge in [0, 0.05) is 6.54 Å². The van der Waals surface area contributed by atoms with Crippen LogP contribution in [0.25, 0.3) is 0 Å². The van der Waals surface area contributed by atoms with Crippen LogP contribution in [0.2, 0.25) is 0 Å². The van der Waals surface area contributed by atoms with Crippen LogP contribution in [0.5, 0.6) is 5.75 Å². The van der Waals surface area contributed by atoms with Crippen LogP contribution in [0.3, 0.4) is 0 Å². The minimum atomic E-state index is -0.482. The van der Waals surface area contributed by atoms with Crippen LogP contribution in [0.4, 0.5) is 4.39 Å². The van der Waals surface area contributed by atoms with Crippen molar-refractivity contribution in [1.82, 2.24) is 25.2 Å². The van der Waals surface area contributed by atoms with Crippen molar-refractivity contribution in [1.29, 1.82) is 0 Å². The first-order valence-corrected chi connectivity index (χ1v) is 9.15. The van der Waals surface area contributed by atoms with Crippen molar-refractivity contribution in [2.45, 2.75) is 40.0 Å². The Hall–Kier alpha value is -2.88. The van der Waals surface area contributed by atoms with Crippen molar-refractivity contribution in [3.8, 4) is 5.75 Å². The van der Waals surface area contributed by atoms with E-state index in [2.05, 4.69) is 20.5 Å². The second-order valence-electron chi connectivity index (χ2n) is 5.66. The zero-order valence-corrected chi connectivity index (χ0v) is 15.7. The van der Waals surface area contributed by atoms with E-state index in [1.165, 1.54) is 35.6 Å². The lowest BCUT2D eigenvalue weighted by atomic mass is 10.3. The number of esters is 1. The fourth-order valence-corrected chi connectivity index (χ4v) is 3.16. The van der Waals surface area contributed by atoms with Crippen LogP contribution in [-0.4, -0.2) is 31.2 Å². The standard InChI is InChI=1S/C17H18FN5O3S/c1-3-8-23-14(20-21-22-23)9-26-17(24)16-11(2)19-15(27-16)10-25-13-6-4-12(18)5-7-13/h4-7H,3,8-10H2,1-2H3. The van der Waals surface area contributed by atoms with E-state index in [0.717, 1.165) is 6.42 Å². The molecule has 0 unspecified atom stereocenters. The topological polar surface area (TPSA) is 92.0 Å². The van der Waals surface area contributed by atoms with E-state index in [0.29, 0.717) is 33.7 Å². The van der Waals surface area contributed by atoms with Gasteiger partial charge in [0.1, 0.15) is 28.1 Å². The Morgan fingerprint density at radius 2 is 2.04 bits per heavy atom. The van der Waals surface area contributed by atoms with Crippen LogP contribution in [-0.2, 0) is 24.5 Å². The van der Waals surface area contributed by atoms with Crippen molar-refractivity contribution < 1.29 is 18.7 Å². The lowest BCUT2D eigenvalue weighted by molar-refractivity contribution is 0.0461. The third kappa shape index (κ3) is 4.85. The summed E-state index contributed by atoms with van der Waals surface area (Å²) in [4.78, 5) is 17.1. The van der Waals surface area contributed by atoms with Crippen LogP contribution in [0, 0.1) is 12.7 Å². The largest absolute Gasteiger partial charge is 0.486 e. The van der Waals surface area contributed by atoms with Gasteiger partial charge in [-0.25, -0.2) is 18.9 Å². The number of tetrazole rings is 1.